The highest BCUT2D eigenvalue weighted by molar-refractivity contribution is 7.90. The number of rotatable bonds is 5. The Hall–Kier alpha value is -3.33. The van der Waals surface area contributed by atoms with Crippen molar-refractivity contribution in [2.45, 2.75) is 24.7 Å². The first kappa shape index (κ1) is 20.0. The van der Waals surface area contributed by atoms with Gasteiger partial charge < -0.3 is 14.5 Å². The van der Waals surface area contributed by atoms with Crippen LogP contribution in [0.1, 0.15) is 29.0 Å². The number of hydrogen-bond acceptors (Lipinski definition) is 6. The summed E-state index contributed by atoms with van der Waals surface area (Å²) in [4.78, 5) is 17.0. The predicted molar refractivity (Wildman–Crippen MR) is 114 cm³/mol. The number of carbonyl (C=O) groups is 1. The largest absolute Gasteiger partial charge is 0.497 e. The Bertz CT molecular complexity index is 1260. The number of hydrogen-bond donors (Lipinski definition) is 2. The Kier molecular flexibility index (Phi) is 5.21. The predicted octanol–water partition coefficient (Wildman–Crippen LogP) is 3.47. The highest BCUT2D eigenvalue weighted by Gasteiger charge is 2.21. The first-order valence-corrected chi connectivity index (χ1v) is 10.9. The third-order valence-corrected chi connectivity index (χ3v) is 6.26. The van der Waals surface area contributed by atoms with Gasteiger partial charge in [-0.05, 0) is 49.7 Å². The average Bonchev–Trinajstić information content (AvgIpc) is 3.35. The maximum atomic E-state index is 12.8. The van der Waals surface area contributed by atoms with Gasteiger partial charge in [0.25, 0.3) is 15.9 Å². The maximum Gasteiger partial charge on any atom is 0.291 e. The molecule has 1 aliphatic rings. The van der Waals surface area contributed by atoms with Crippen LogP contribution in [-0.4, -0.2) is 33.8 Å². The van der Waals surface area contributed by atoms with E-state index in [0.717, 1.165) is 11.8 Å². The highest BCUT2D eigenvalue weighted by atomic mass is 32.2. The molecule has 2 aromatic carbocycles. The van der Waals surface area contributed by atoms with Crippen molar-refractivity contribution in [3.63, 3.8) is 0 Å². The molecule has 4 rings (SSSR count). The van der Waals surface area contributed by atoms with Crippen LogP contribution in [-0.2, 0) is 10.0 Å². The Balaban J connectivity index is 1.57. The van der Waals surface area contributed by atoms with E-state index in [4.69, 9.17) is 9.15 Å². The minimum atomic E-state index is -3.77. The number of methoxy groups -OCH3 is 1. The molecule has 0 radical (unpaired) electrons. The molecular formula is C21H21N3O5S. The van der Waals surface area contributed by atoms with Crippen LogP contribution in [0.25, 0.3) is 11.0 Å². The molecule has 1 aliphatic heterocycles. The van der Waals surface area contributed by atoms with Crippen LogP contribution in [0.2, 0.25) is 0 Å². The third-order valence-electron chi connectivity index (χ3n) is 4.88. The summed E-state index contributed by atoms with van der Waals surface area (Å²) in [6.45, 7) is 2.41. The van der Waals surface area contributed by atoms with Crippen LogP contribution < -0.4 is 14.8 Å². The van der Waals surface area contributed by atoms with Crippen LogP contribution in [0.15, 0.2) is 56.8 Å². The fourth-order valence-electron chi connectivity index (χ4n) is 3.31. The van der Waals surface area contributed by atoms with Crippen LogP contribution >= 0.6 is 0 Å². The van der Waals surface area contributed by atoms with Gasteiger partial charge in [-0.25, -0.2) is 8.42 Å². The maximum absolute atomic E-state index is 12.8. The summed E-state index contributed by atoms with van der Waals surface area (Å²) in [5, 5.41) is 3.48. The van der Waals surface area contributed by atoms with Crippen molar-refractivity contribution < 1.29 is 22.4 Å². The van der Waals surface area contributed by atoms with Crippen molar-refractivity contribution >= 4 is 38.4 Å². The van der Waals surface area contributed by atoms with Gasteiger partial charge in [-0.15, -0.1) is 0 Å². The molecule has 8 nitrogen and oxygen atoms in total. The molecule has 0 saturated carbocycles. The molecule has 0 unspecified atom stereocenters. The van der Waals surface area contributed by atoms with Crippen molar-refractivity contribution in [1.82, 2.24) is 4.72 Å². The van der Waals surface area contributed by atoms with Crippen molar-refractivity contribution in [2.24, 2.45) is 4.99 Å². The second kappa shape index (κ2) is 7.83. The summed E-state index contributed by atoms with van der Waals surface area (Å²) in [5.41, 5.74) is 1.58. The number of amidine groups is 1. The average molecular weight is 427 g/mol. The van der Waals surface area contributed by atoms with E-state index in [2.05, 4.69) is 15.0 Å². The Labute approximate surface area is 174 Å². The molecule has 2 N–H and O–H groups in total. The summed E-state index contributed by atoms with van der Waals surface area (Å²) in [6.07, 6.45) is 1.43. The standard InChI is InChI=1S/C21H21N3O5S/c1-13-17-12-15(28-2)8-9-18(17)29-20(13)21(25)23-14-5-3-6-16(11-14)30(26,27)24-19-7-4-10-22-19/h3,5-6,8-9,11-12H,4,7,10H2,1-2H3,(H,22,24)(H,23,25). The fraction of sp³-hybridized carbons (Fsp3) is 0.238. The zero-order valence-corrected chi connectivity index (χ0v) is 17.4. The van der Waals surface area contributed by atoms with E-state index >= 15 is 0 Å². The van der Waals surface area contributed by atoms with Crippen molar-refractivity contribution in [3.05, 3.63) is 53.8 Å². The number of fused-ring (bicyclic) bond motifs is 1. The molecule has 0 atom stereocenters. The number of nitrogens with zero attached hydrogens (tertiary/aromatic N) is 1. The lowest BCUT2D eigenvalue weighted by atomic mass is 10.1. The topological polar surface area (TPSA) is 110 Å². The number of anilines is 1. The van der Waals surface area contributed by atoms with E-state index in [1.807, 2.05) is 0 Å². The van der Waals surface area contributed by atoms with Gasteiger partial charge in [-0.1, -0.05) is 6.07 Å². The Morgan fingerprint density at radius 3 is 2.77 bits per heavy atom. The molecule has 1 aromatic heterocycles. The van der Waals surface area contributed by atoms with E-state index in [-0.39, 0.29) is 10.7 Å². The van der Waals surface area contributed by atoms with Gasteiger partial charge in [0.15, 0.2) is 5.76 Å². The number of sulfonamides is 1. The summed E-state index contributed by atoms with van der Waals surface area (Å²) in [5.74, 6) is 0.809. The number of amides is 1. The van der Waals surface area contributed by atoms with Gasteiger partial charge in [0.2, 0.25) is 0 Å². The summed E-state index contributed by atoms with van der Waals surface area (Å²) in [7, 11) is -2.20. The second-order valence-electron chi connectivity index (χ2n) is 6.94. The number of aryl methyl sites for hydroxylation is 1. The quantitative estimate of drug-likeness (QED) is 0.648. The molecule has 3 aromatic rings. The summed E-state index contributed by atoms with van der Waals surface area (Å²) >= 11 is 0. The number of carbonyl (C=O) groups excluding carboxylic acids is 1. The van der Waals surface area contributed by atoms with Crippen molar-refractivity contribution in [1.29, 1.82) is 0 Å². The number of nitrogens with one attached hydrogen (secondary N) is 2. The van der Waals surface area contributed by atoms with Gasteiger partial charge in [0.05, 0.1) is 12.0 Å². The fourth-order valence-corrected chi connectivity index (χ4v) is 4.44. The Morgan fingerprint density at radius 2 is 2.03 bits per heavy atom. The zero-order chi connectivity index (χ0) is 21.3. The minimum absolute atomic E-state index is 0.0426. The first-order chi connectivity index (χ1) is 14.4. The van der Waals surface area contributed by atoms with Gasteiger partial charge in [0, 0.05) is 29.6 Å². The number of furan rings is 1. The van der Waals surface area contributed by atoms with Gasteiger partial charge in [-0.2, -0.15) is 0 Å². The van der Waals surface area contributed by atoms with Crippen LogP contribution in [0.4, 0.5) is 5.69 Å². The second-order valence-corrected chi connectivity index (χ2v) is 8.62. The smallest absolute Gasteiger partial charge is 0.291 e. The molecule has 0 aliphatic carbocycles. The lowest BCUT2D eigenvalue weighted by molar-refractivity contribution is 0.0998. The van der Waals surface area contributed by atoms with Crippen LogP contribution in [0.5, 0.6) is 5.75 Å². The molecule has 1 amide bonds. The molecular weight excluding hydrogens is 406 g/mol. The van der Waals surface area contributed by atoms with Gasteiger partial charge in [0.1, 0.15) is 17.2 Å². The van der Waals surface area contributed by atoms with E-state index < -0.39 is 15.9 Å². The third kappa shape index (κ3) is 3.88. The first-order valence-electron chi connectivity index (χ1n) is 9.42. The molecule has 0 bridgehead atoms. The van der Waals surface area contributed by atoms with E-state index in [9.17, 15) is 13.2 Å². The molecule has 0 spiro atoms. The monoisotopic (exact) mass is 427 g/mol. The highest BCUT2D eigenvalue weighted by Crippen LogP contribution is 2.29. The zero-order valence-electron chi connectivity index (χ0n) is 16.6. The van der Waals surface area contributed by atoms with Gasteiger partial charge >= 0.3 is 0 Å². The lowest BCUT2D eigenvalue weighted by Crippen LogP contribution is -2.29. The molecule has 0 fully saturated rings. The Morgan fingerprint density at radius 1 is 1.20 bits per heavy atom. The number of benzene rings is 2. The SMILES string of the molecule is COc1ccc2oc(C(=O)Nc3cccc(S(=O)(=O)NC4=NCCC4)c3)c(C)c2c1. The van der Waals surface area contributed by atoms with Crippen LogP contribution in [0, 0.1) is 6.92 Å². The molecule has 30 heavy (non-hydrogen) atoms. The van der Waals surface area contributed by atoms with Crippen LogP contribution in [0.3, 0.4) is 0 Å². The summed E-state index contributed by atoms with van der Waals surface area (Å²) < 4.78 is 38.6. The normalized spacial score (nSPS) is 13.9. The molecule has 0 saturated heterocycles. The van der Waals surface area contributed by atoms with E-state index in [0.29, 0.717) is 41.4 Å². The van der Waals surface area contributed by atoms with E-state index in [1.165, 1.54) is 12.1 Å². The summed E-state index contributed by atoms with van der Waals surface area (Å²) in [6, 6.07) is 11.3. The molecule has 2 heterocycles. The van der Waals surface area contributed by atoms with Crippen molar-refractivity contribution in [2.75, 3.05) is 19.0 Å². The molecule has 156 valence electrons. The van der Waals surface area contributed by atoms with Gasteiger partial charge in [-0.3, -0.25) is 14.5 Å². The minimum Gasteiger partial charge on any atom is -0.497 e. The number of aliphatic imine (C=N–C) groups is 1. The van der Waals surface area contributed by atoms with E-state index in [1.54, 1.807) is 44.4 Å². The number of ether oxygens (including phenoxy) is 1. The molecule has 9 heteroatoms. The van der Waals surface area contributed by atoms with Crippen molar-refractivity contribution in [3.8, 4) is 5.75 Å². The lowest BCUT2D eigenvalue weighted by Gasteiger charge is -2.10.